The van der Waals surface area contributed by atoms with Gasteiger partial charge in [0.05, 0.1) is 10.2 Å². The van der Waals surface area contributed by atoms with Gasteiger partial charge in [-0.05, 0) is 31.7 Å². The molecule has 2 aliphatic rings. The van der Waals surface area contributed by atoms with Crippen molar-refractivity contribution in [3.05, 3.63) is 48.9 Å². The van der Waals surface area contributed by atoms with E-state index in [1.165, 1.54) is 6.42 Å². The Morgan fingerprint density at radius 3 is 2.86 bits per heavy atom. The third kappa shape index (κ3) is 2.93. The summed E-state index contributed by atoms with van der Waals surface area (Å²) in [6.07, 6.45) is 6.72. The van der Waals surface area contributed by atoms with Gasteiger partial charge in [-0.1, -0.05) is 17.4 Å². The van der Waals surface area contributed by atoms with Crippen LogP contribution in [0.15, 0.2) is 48.9 Å². The van der Waals surface area contributed by atoms with Crippen molar-refractivity contribution in [3.8, 4) is 5.13 Å². The third-order valence-electron chi connectivity index (χ3n) is 5.76. The number of likely N-dealkylation sites (N-methyl/N-ethyl adjacent to an activating group) is 1. The molecule has 2 bridgehead atoms. The molecule has 2 atom stereocenters. The topological polar surface area (TPSA) is 75.0 Å². The van der Waals surface area contributed by atoms with E-state index in [9.17, 15) is 0 Å². The first-order valence-corrected chi connectivity index (χ1v) is 10.5. The zero-order valence-corrected chi connectivity index (χ0v) is 16.8. The lowest BCUT2D eigenvalue weighted by molar-refractivity contribution is 0.292. The predicted molar refractivity (Wildman–Crippen MR) is 114 cm³/mol. The number of thiazole rings is 1. The van der Waals surface area contributed by atoms with E-state index in [0.29, 0.717) is 12.1 Å². The molecule has 0 amide bonds. The first-order chi connectivity index (χ1) is 14.2. The third-order valence-corrected chi connectivity index (χ3v) is 6.76. The molecule has 0 unspecified atom stereocenters. The van der Waals surface area contributed by atoms with Gasteiger partial charge in [0, 0.05) is 49.8 Å². The monoisotopic (exact) mass is 404 g/mol. The van der Waals surface area contributed by atoms with Crippen LogP contribution in [0.3, 0.4) is 0 Å². The molecule has 29 heavy (non-hydrogen) atoms. The van der Waals surface area contributed by atoms with Gasteiger partial charge in [0.25, 0.3) is 0 Å². The van der Waals surface area contributed by atoms with Crippen LogP contribution in [0.25, 0.3) is 15.3 Å². The summed E-state index contributed by atoms with van der Waals surface area (Å²) < 4.78 is 2.80. The zero-order valence-electron chi connectivity index (χ0n) is 15.9. The highest BCUT2D eigenvalue weighted by molar-refractivity contribution is 7.20. The van der Waals surface area contributed by atoms with Crippen LogP contribution in [0.2, 0.25) is 0 Å². The van der Waals surface area contributed by atoms with Crippen LogP contribution >= 0.6 is 11.3 Å². The highest BCUT2D eigenvalue weighted by Gasteiger charge is 2.41. The average Bonchev–Trinajstić information content (AvgIpc) is 3.50. The van der Waals surface area contributed by atoms with Crippen molar-refractivity contribution in [2.24, 2.45) is 0 Å². The predicted octanol–water partition coefficient (Wildman–Crippen LogP) is 2.91. The molecule has 4 aromatic rings. The van der Waals surface area contributed by atoms with Gasteiger partial charge in [0.2, 0.25) is 5.13 Å². The molecule has 0 spiro atoms. The number of fused-ring (bicyclic) bond motifs is 3. The molecule has 9 heteroatoms. The highest BCUT2D eigenvalue weighted by atomic mass is 32.1. The minimum Gasteiger partial charge on any atom is -0.351 e. The van der Waals surface area contributed by atoms with Crippen LogP contribution in [-0.4, -0.2) is 61.9 Å². The molecular formula is C20H20N8S. The van der Waals surface area contributed by atoms with E-state index in [-0.39, 0.29) is 0 Å². The van der Waals surface area contributed by atoms with Crippen LogP contribution in [0, 0.1) is 0 Å². The van der Waals surface area contributed by atoms with E-state index >= 15 is 0 Å². The molecule has 146 valence electrons. The SMILES string of the molecule is CN1C[C@@H]2C[C@H]1CN2c1cccc(Nc2cc3nc(-n4cccn4)sc3cn2)n1. The number of pyridine rings is 2. The fraction of sp³-hybridized carbons (Fsp3) is 0.300. The fourth-order valence-electron chi connectivity index (χ4n) is 4.30. The Balaban J connectivity index is 1.25. The van der Waals surface area contributed by atoms with Gasteiger partial charge in [-0.3, -0.25) is 4.90 Å². The van der Waals surface area contributed by atoms with Crippen molar-refractivity contribution < 1.29 is 0 Å². The van der Waals surface area contributed by atoms with Crippen molar-refractivity contribution in [2.75, 3.05) is 30.4 Å². The molecule has 8 nitrogen and oxygen atoms in total. The molecule has 0 aliphatic carbocycles. The van der Waals surface area contributed by atoms with E-state index in [1.807, 2.05) is 30.6 Å². The Kier molecular flexibility index (Phi) is 3.78. The Bertz CT molecular complexity index is 1170. The molecular weight excluding hydrogens is 384 g/mol. The van der Waals surface area contributed by atoms with Crippen molar-refractivity contribution in [2.45, 2.75) is 18.5 Å². The van der Waals surface area contributed by atoms with E-state index in [1.54, 1.807) is 22.2 Å². The Morgan fingerprint density at radius 2 is 2.07 bits per heavy atom. The van der Waals surface area contributed by atoms with Crippen molar-refractivity contribution >= 4 is 39.0 Å². The normalized spacial score (nSPS) is 21.3. The molecule has 6 heterocycles. The maximum absolute atomic E-state index is 4.84. The number of aromatic nitrogens is 5. The molecule has 6 rings (SSSR count). The van der Waals surface area contributed by atoms with Crippen LogP contribution in [0.4, 0.5) is 17.5 Å². The lowest BCUT2D eigenvalue weighted by Gasteiger charge is -2.32. The summed E-state index contributed by atoms with van der Waals surface area (Å²) in [5, 5.41) is 8.42. The van der Waals surface area contributed by atoms with E-state index < -0.39 is 0 Å². The number of rotatable bonds is 4. The van der Waals surface area contributed by atoms with Gasteiger partial charge in [-0.15, -0.1) is 0 Å². The minimum absolute atomic E-state index is 0.568. The molecule has 0 saturated carbocycles. The van der Waals surface area contributed by atoms with Crippen LogP contribution < -0.4 is 10.2 Å². The molecule has 0 radical (unpaired) electrons. The maximum Gasteiger partial charge on any atom is 0.211 e. The van der Waals surface area contributed by atoms with Gasteiger partial charge >= 0.3 is 0 Å². The Hall–Kier alpha value is -3.04. The molecule has 2 saturated heterocycles. The Labute approximate surface area is 171 Å². The highest BCUT2D eigenvalue weighted by Crippen LogP contribution is 2.33. The van der Waals surface area contributed by atoms with Crippen LogP contribution in [0.1, 0.15) is 6.42 Å². The van der Waals surface area contributed by atoms with Gasteiger partial charge in [0.15, 0.2) is 0 Å². The average molecular weight is 405 g/mol. The summed E-state index contributed by atoms with van der Waals surface area (Å²) in [7, 11) is 2.21. The summed E-state index contributed by atoms with van der Waals surface area (Å²) in [5.74, 6) is 2.57. The second-order valence-electron chi connectivity index (χ2n) is 7.63. The number of anilines is 3. The number of piperazine rings is 1. The summed E-state index contributed by atoms with van der Waals surface area (Å²) in [5.41, 5.74) is 0.897. The van der Waals surface area contributed by atoms with Gasteiger partial charge < -0.3 is 10.2 Å². The second kappa shape index (κ2) is 6.50. The molecule has 1 N–H and O–H groups in total. The Morgan fingerprint density at radius 1 is 1.10 bits per heavy atom. The number of hydrogen-bond donors (Lipinski definition) is 1. The zero-order chi connectivity index (χ0) is 19.4. The molecule has 2 aliphatic heterocycles. The lowest BCUT2D eigenvalue weighted by atomic mass is 10.2. The fourth-order valence-corrected chi connectivity index (χ4v) is 5.16. The first kappa shape index (κ1) is 16.9. The van der Waals surface area contributed by atoms with Crippen LogP contribution in [0.5, 0.6) is 0 Å². The van der Waals surface area contributed by atoms with Gasteiger partial charge in [0.1, 0.15) is 17.5 Å². The maximum atomic E-state index is 4.84. The second-order valence-corrected chi connectivity index (χ2v) is 8.63. The van der Waals surface area contributed by atoms with Crippen LogP contribution in [-0.2, 0) is 0 Å². The lowest BCUT2D eigenvalue weighted by Crippen LogP contribution is -2.44. The largest absolute Gasteiger partial charge is 0.351 e. The minimum atomic E-state index is 0.568. The van der Waals surface area contributed by atoms with Crippen molar-refractivity contribution in [1.29, 1.82) is 0 Å². The number of nitrogens with zero attached hydrogens (tertiary/aromatic N) is 7. The van der Waals surface area contributed by atoms with Crippen molar-refractivity contribution in [1.82, 2.24) is 29.6 Å². The number of nitrogens with one attached hydrogen (secondary N) is 1. The summed E-state index contributed by atoms with van der Waals surface area (Å²) >= 11 is 1.57. The van der Waals surface area contributed by atoms with Gasteiger partial charge in [-0.25, -0.2) is 19.6 Å². The molecule has 2 fully saturated rings. The van der Waals surface area contributed by atoms with Gasteiger partial charge in [-0.2, -0.15) is 5.10 Å². The number of likely N-dealkylation sites (tertiary alicyclic amines) is 1. The molecule has 0 aromatic carbocycles. The van der Waals surface area contributed by atoms with Crippen molar-refractivity contribution in [3.63, 3.8) is 0 Å². The number of hydrogen-bond acceptors (Lipinski definition) is 8. The quantitative estimate of drug-likeness (QED) is 0.560. The first-order valence-electron chi connectivity index (χ1n) is 9.70. The van der Waals surface area contributed by atoms with E-state index in [4.69, 9.17) is 4.98 Å². The standard InChI is InChI=1S/C20H20N8S/c1-26-11-14-8-13(26)12-27(14)19-5-2-4-17(25-19)24-18-9-15-16(10-21-18)29-20(23-15)28-7-3-6-22-28/h2-7,9-10,13-14H,8,11-12H2,1H3,(H,21,24,25)/t13-,14-/m0/s1. The van der Waals surface area contributed by atoms with E-state index in [0.717, 1.165) is 45.9 Å². The molecule has 4 aromatic heterocycles. The smallest absolute Gasteiger partial charge is 0.211 e. The summed E-state index contributed by atoms with van der Waals surface area (Å²) in [4.78, 5) is 18.9. The van der Waals surface area contributed by atoms with E-state index in [2.05, 4.69) is 49.4 Å². The summed E-state index contributed by atoms with van der Waals surface area (Å²) in [6.45, 7) is 2.17. The summed E-state index contributed by atoms with van der Waals surface area (Å²) in [6, 6.07) is 11.2.